The van der Waals surface area contributed by atoms with Crippen molar-refractivity contribution in [2.75, 3.05) is 38.1 Å². The van der Waals surface area contributed by atoms with E-state index in [1.807, 2.05) is 44.3 Å². The van der Waals surface area contributed by atoms with Crippen LogP contribution in [0.3, 0.4) is 0 Å². The number of carbonyl (C=O) groups excluding carboxylic acids is 1. The predicted octanol–water partition coefficient (Wildman–Crippen LogP) is 2.65. The van der Waals surface area contributed by atoms with Crippen molar-refractivity contribution in [2.24, 2.45) is 5.92 Å². The van der Waals surface area contributed by atoms with Gasteiger partial charge < -0.3 is 10.2 Å². The molecule has 1 aliphatic rings. The SMILES string of the molecule is Cc1ccc(S(=O)(=O)N2CCC(C(=O)NCCN(C)c3ccccc3)CC2)cc1. The molecule has 0 radical (unpaired) electrons. The third-order valence-electron chi connectivity index (χ3n) is 5.43. The van der Waals surface area contributed by atoms with Crippen molar-refractivity contribution in [1.82, 2.24) is 9.62 Å². The van der Waals surface area contributed by atoms with E-state index in [2.05, 4.69) is 10.2 Å². The molecule has 1 amide bonds. The first kappa shape index (κ1) is 21.3. The second kappa shape index (κ2) is 9.41. The predicted molar refractivity (Wildman–Crippen MR) is 115 cm³/mol. The fourth-order valence-corrected chi connectivity index (χ4v) is 4.99. The first-order valence-electron chi connectivity index (χ1n) is 9.98. The summed E-state index contributed by atoms with van der Waals surface area (Å²) in [5.41, 5.74) is 2.13. The topological polar surface area (TPSA) is 69.7 Å². The molecule has 0 spiro atoms. The molecule has 0 aliphatic carbocycles. The summed E-state index contributed by atoms with van der Waals surface area (Å²) >= 11 is 0. The van der Waals surface area contributed by atoms with Gasteiger partial charge in [-0.1, -0.05) is 35.9 Å². The van der Waals surface area contributed by atoms with Gasteiger partial charge in [-0.15, -0.1) is 0 Å². The zero-order valence-electron chi connectivity index (χ0n) is 17.0. The molecule has 0 saturated carbocycles. The first-order chi connectivity index (χ1) is 13.9. The Bertz CT molecular complexity index is 906. The summed E-state index contributed by atoms with van der Waals surface area (Å²) in [5.74, 6) is -0.125. The minimum absolute atomic E-state index is 0.0128. The Morgan fingerprint density at radius 2 is 1.69 bits per heavy atom. The van der Waals surface area contributed by atoms with Gasteiger partial charge >= 0.3 is 0 Å². The average molecular weight is 416 g/mol. The van der Waals surface area contributed by atoms with E-state index in [-0.39, 0.29) is 11.8 Å². The molecule has 1 fully saturated rings. The van der Waals surface area contributed by atoms with E-state index in [9.17, 15) is 13.2 Å². The van der Waals surface area contributed by atoms with Crippen LogP contribution >= 0.6 is 0 Å². The number of carbonyl (C=O) groups is 1. The molecule has 0 atom stereocenters. The highest BCUT2D eigenvalue weighted by Gasteiger charge is 2.31. The van der Waals surface area contributed by atoms with E-state index in [1.165, 1.54) is 4.31 Å². The third kappa shape index (κ3) is 5.36. The number of amides is 1. The fourth-order valence-electron chi connectivity index (χ4n) is 3.52. The van der Waals surface area contributed by atoms with Gasteiger partial charge in [0.05, 0.1) is 4.90 Å². The van der Waals surface area contributed by atoms with Crippen molar-refractivity contribution in [3.8, 4) is 0 Å². The Hall–Kier alpha value is -2.38. The summed E-state index contributed by atoms with van der Waals surface area (Å²) in [4.78, 5) is 14.9. The van der Waals surface area contributed by atoms with Crippen molar-refractivity contribution >= 4 is 21.6 Å². The molecule has 1 aliphatic heterocycles. The van der Waals surface area contributed by atoms with E-state index < -0.39 is 10.0 Å². The summed E-state index contributed by atoms with van der Waals surface area (Å²) in [6.07, 6.45) is 1.09. The Labute approximate surface area is 173 Å². The lowest BCUT2D eigenvalue weighted by molar-refractivity contribution is -0.126. The maximum absolute atomic E-state index is 12.8. The minimum Gasteiger partial charge on any atom is -0.373 e. The van der Waals surface area contributed by atoms with E-state index in [4.69, 9.17) is 0 Å². The summed E-state index contributed by atoms with van der Waals surface area (Å²) < 4.78 is 27.0. The molecule has 2 aromatic carbocycles. The molecular formula is C22H29N3O3S. The Kier molecular flexibility index (Phi) is 6.92. The maximum atomic E-state index is 12.8. The molecule has 156 valence electrons. The summed E-state index contributed by atoms with van der Waals surface area (Å²) in [6, 6.07) is 16.9. The van der Waals surface area contributed by atoms with Crippen LogP contribution in [-0.4, -0.2) is 51.9 Å². The van der Waals surface area contributed by atoms with Crippen LogP contribution in [-0.2, 0) is 14.8 Å². The van der Waals surface area contributed by atoms with Gasteiger partial charge in [0.2, 0.25) is 15.9 Å². The normalized spacial score (nSPS) is 15.8. The highest BCUT2D eigenvalue weighted by atomic mass is 32.2. The number of rotatable bonds is 7. The van der Waals surface area contributed by atoms with E-state index >= 15 is 0 Å². The largest absolute Gasteiger partial charge is 0.373 e. The van der Waals surface area contributed by atoms with Gasteiger partial charge in [-0.05, 0) is 44.0 Å². The smallest absolute Gasteiger partial charge is 0.243 e. The molecule has 2 aromatic rings. The molecule has 29 heavy (non-hydrogen) atoms. The quantitative estimate of drug-likeness (QED) is 0.755. The number of para-hydroxylation sites is 1. The first-order valence-corrected chi connectivity index (χ1v) is 11.4. The fraction of sp³-hybridized carbons (Fsp3) is 0.409. The lowest BCUT2D eigenvalue weighted by Gasteiger charge is -2.30. The number of sulfonamides is 1. The molecule has 0 aromatic heterocycles. The van der Waals surface area contributed by atoms with Gasteiger partial charge in [-0.2, -0.15) is 4.31 Å². The number of hydrogen-bond donors (Lipinski definition) is 1. The molecule has 1 heterocycles. The molecule has 6 nitrogen and oxygen atoms in total. The number of likely N-dealkylation sites (N-methyl/N-ethyl adjacent to an activating group) is 1. The molecule has 0 unspecified atom stereocenters. The van der Waals surface area contributed by atoms with E-state index in [0.29, 0.717) is 37.4 Å². The van der Waals surface area contributed by atoms with E-state index in [0.717, 1.165) is 17.8 Å². The number of nitrogens with zero attached hydrogens (tertiary/aromatic N) is 2. The molecule has 1 saturated heterocycles. The zero-order valence-corrected chi connectivity index (χ0v) is 17.9. The van der Waals surface area contributed by atoms with Gasteiger partial charge in [0.15, 0.2) is 0 Å². The number of nitrogens with one attached hydrogen (secondary N) is 1. The van der Waals surface area contributed by atoms with Crippen LogP contribution in [0, 0.1) is 12.8 Å². The van der Waals surface area contributed by atoms with E-state index in [1.54, 1.807) is 24.3 Å². The lowest BCUT2D eigenvalue weighted by atomic mass is 9.97. The Morgan fingerprint density at radius 1 is 1.07 bits per heavy atom. The third-order valence-corrected chi connectivity index (χ3v) is 7.34. The van der Waals surface area contributed by atoms with Crippen molar-refractivity contribution in [3.05, 3.63) is 60.2 Å². The van der Waals surface area contributed by atoms with Gasteiger partial charge in [0.1, 0.15) is 0 Å². The Morgan fingerprint density at radius 3 is 2.31 bits per heavy atom. The van der Waals surface area contributed by atoms with Crippen LogP contribution in [0.1, 0.15) is 18.4 Å². The number of anilines is 1. The number of piperidine rings is 1. The summed E-state index contributed by atoms with van der Waals surface area (Å²) in [7, 11) is -1.50. The minimum atomic E-state index is -3.49. The average Bonchev–Trinajstić information content (AvgIpc) is 2.74. The summed E-state index contributed by atoms with van der Waals surface area (Å²) in [6.45, 7) is 3.96. The van der Waals surface area contributed by atoms with Crippen molar-refractivity contribution < 1.29 is 13.2 Å². The molecule has 1 N–H and O–H groups in total. The summed E-state index contributed by atoms with van der Waals surface area (Å²) in [5, 5.41) is 3.00. The molecule has 7 heteroatoms. The van der Waals surface area contributed by atoms with Crippen molar-refractivity contribution in [1.29, 1.82) is 0 Å². The zero-order chi connectivity index (χ0) is 20.9. The van der Waals surface area contributed by atoms with Crippen molar-refractivity contribution in [2.45, 2.75) is 24.7 Å². The number of hydrogen-bond acceptors (Lipinski definition) is 4. The van der Waals surface area contributed by atoms with Gasteiger partial charge in [-0.25, -0.2) is 8.42 Å². The van der Waals surface area contributed by atoms with Crippen LogP contribution in [0.5, 0.6) is 0 Å². The molecule has 3 rings (SSSR count). The van der Waals surface area contributed by atoms with Gasteiger partial charge in [0, 0.05) is 44.8 Å². The van der Waals surface area contributed by atoms with Crippen LogP contribution in [0.4, 0.5) is 5.69 Å². The number of benzene rings is 2. The Balaban J connectivity index is 1.46. The lowest BCUT2D eigenvalue weighted by Crippen LogP contribution is -2.44. The molecular weight excluding hydrogens is 386 g/mol. The second-order valence-electron chi connectivity index (χ2n) is 7.54. The monoisotopic (exact) mass is 415 g/mol. The molecule has 0 bridgehead atoms. The maximum Gasteiger partial charge on any atom is 0.243 e. The van der Waals surface area contributed by atoms with Gasteiger partial charge in [0.25, 0.3) is 0 Å². The van der Waals surface area contributed by atoms with Gasteiger partial charge in [-0.3, -0.25) is 4.79 Å². The second-order valence-corrected chi connectivity index (χ2v) is 9.48. The van der Waals surface area contributed by atoms with Crippen LogP contribution in [0.25, 0.3) is 0 Å². The standard InChI is InChI=1S/C22H29N3O3S/c1-18-8-10-21(11-9-18)29(27,28)25-15-12-19(13-16-25)22(26)23-14-17-24(2)20-6-4-3-5-7-20/h3-11,19H,12-17H2,1-2H3,(H,23,26). The van der Waals surface area contributed by atoms with Crippen LogP contribution < -0.4 is 10.2 Å². The number of aryl methyl sites for hydroxylation is 1. The highest BCUT2D eigenvalue weighted by molar-refractivity contribution is 7.89. The van der Waals surface area contributed by atoms with Crippen LogP contribution in [0.15, 0.2) is 59.5 Å². The highest BCUT2D eigenvalue weighted by Crippen LogP contribution is 2.24. The van der Waals surface area contributed by atoms with Crippen molar-refractivity contribution in [3.63, 3.8) is 0 Å². The van der Waals surface area contributed by atoms with Crippen LogP contribution in [0.2, 0.25) is 0 Å².